The van der Waals surface area contributed by atoms with Crippen LogP contribution in [0.5, 0.6) is 5.75 Å². The van der Waals surface area contributed by atoms with Gasteiger partial charge in [0.2, 0.25) is 0 Å². The number of carbonyl (C=O) groups excluding carboxylic acids is 3. The average Bonchev–Trinajstić information content (AvgIpc) is 2.87. The van der Waals surface area contributed by atoms with Crippen molar-refractivity contribution < 1.29 is 29.7 Å². The van der Waals surface area contributed by atoms with Crippen LogP contribution in [0.15, 0.2) is 53.3 Å². The van der Waals surface area contributed by atoms with E-state index in [-0.39, 0.29) is 17.7 Å². The quantitative estimate of drug-likeness (QED) is 0.267. The number of hydrogen-bond donors (Lipinski definition) is 6. The Morgan fingerprint density at radius 3 is 2.35 bits per heavy atom. The summed E-state index contributed by atoms with van der Waals surface area (Å²) in [6.07, 6.45) is -0.546. The molecule has 0 radical (unpaired) electrons. The maximum atomic E-state index is 14.5. The summed E-state index contributed by atoms with van der Waals surface area (Å²) in [5, 5.41) is 44.5. The molecule has 1 fully saturated rings. The van der Waals surface area contributed by atoms with Crippen LogP contribution < -0.4 is 17.2 Å². The molecule has 2 aromatic rings. The van der Waals surface area contributed by atoms with Crippen LogP contribution in [0, 0.1) is 16.7 Å². The molecule has 0 spiro atoms. The van der Waals surface area contributed by atoms with E-state index in [1.165, 1.54) is 25.1 Å². The summed E-state index contributed by atoms with van der Waals surface area (Å²) in [5.74, 6) is -5.66. The van der Waals surface area contributed by atoms with Crippen molar-refractivity contribution in [3.8, 4) is 22.9 Å². The first kappa shape index (κ1) is 29.9. The number of Topliss-reactive ketones (excluding diaryl/α,β-unsaturated/α-hetero) is 2. The SMILES string of the molecule is CN(C)Cc1cccc(-c2ccc(O)c3c2C[C@@]2(N)C[C@@]4(N)[C@H](N(C)C)C(=O)C(C(N)=O)=C(O)[C@@]4(C#N)C(=O)C2=C3O)c1. The number of primary amides is 1. The Bertz CT molecular complexity index is 1720. The lowest BCUT2D eigenvalue weighted by Crippen LogP contribution is -2.80. The summed E-state index contributed by atoms with van der Waals surface area (Å²) in [6, 6.07) is 11.1. The molecule has 0 unspecified atom stereocenters. The van der Waals surface area contributed by atoms with E-state index in [0.29, 0.717) is 17.7 Å². The third-order valence-electron chi connectivity index (χ3n) is 8.87. The molecular weight excluding hydrogens is 552 g/mol. The van der Waals surface area contributed by atoms with Gasteiger partial charge in [-0.2, -0.15) is 5.26 Å². The highest BCUT2D eigenvalue weighted by Gasteiger charge is 2.74. The number of amides is 1. The number of phenols is 1. The molecule has 4 atom stereocenters. The summed E-state index contributed by atoms with van der Waals surface area (Å²) in [7, 11) is 6.84. The van der Waals surface area contributed by atoms with Crippen LogP contribution in [0.1, 0.15) is 23.1 Å². The van der Waals surface area contributed by atoms with Gasteiger partial charge in [0.15, 0.2) is 17.0 Å². The predicted molar refractivity (Wildman–Crippen MR) is 157 cm³/mol. The Hall–Kier alpha value is -4.54. The molecule has 0 saturated heterocycles. The van der Waals surface area contributed by atoms with Gasteiger partial charge in [-0.3, -0.25) is 19.3 Å². The van der Waals surface area contributed by atoms with E-state index in [0.717, 1.165) is 11.1 Å². The van der Waals surface area contributed by atoms with Gasteiger partial charge >= 0.3 is 0 Å². The third-order valence-corrected chi connectivity index (χ3v) is 8.87. The van der Waals surface area contributed by atoms with Crippen molar-refractivity contribution in [3.05, 3.63) is 70.0 Å². The number of nitrogens with two attached hydrogens (primary N) is 3. The number of aliphatic hydroxyl groups is 2. The molecule has 2 aromatic carbocycles. The molecule has 5 rings (SSSR count). The van der Waals surface area contributed by atoms with Gasteiger partial charge in [0, 0.05) is 6.54 Å². The van der Waals surface area contributed by atoms with Crippen LogP contribution in [0.25, 0.3) is 16.9 Å². The van der Waals surface area contributed by atoms with E-state index in [9.17, 15) is 35.0 Å². The molecule has 9 N–H and O–H groups in total. The highest BCUT2D eigenvalue weighted by Crippen LogP contribution is 2.58. The largest absolute Gasteiger partial charge is 0.509 e. The molecule has 1 amide bonds. The van der Waals surface area contributed by atoms with Crippen molar-refractivity contribution in [1.82, 2.24) is 9.80 Å². The number of likely N-dealkylation sites (N-methyl/N-ethyl adjacent to an activating group) is 1. The second-order valence-electron chi connectivity index (χ2n) is 12.2. The van der Waals surface area contributed by atoms with Crippen molar-refractivity contribution in [2.75, 3.05) is 28.2 Å². The number of benzene rings is 2. The second kappa shape index (κ2) is 9.75. The number of aliphatic hydroxyl groups excluding tert-OH is 2. The van der Waals surface area contributed by atoms with Crippen molar-refractivity contribution >= 4 is 23.2 Å². The number of phenolic OH excluding ortho intramolecular Hbond substituents is 1. The van der Waals surface area contributed by atoms with Gasteiger partial charge in [-0.25, -0.2) is 0 Å². The first-order valence-electron chi connectivity index (χ1n) is 13.6. The smallest absolute Gasteiger partial charge is 0.255 e. The van der Waals surface area contributed by atoms with Gasteiger partial charge in [-0.15, -0.1) is 0 Å². The highest BCUT2D eigenvalue weighted by molar-refractivity contribution is 6.25. The van der Waals surface area contributed by atoms with Gasteiger partial charge in [-0.1, -0.05) is 24.3 Å². The number of fused-ring (bicyclic) bond motifs is 3. The molecule has 0 heterocycles. The molecular formula is C31H34N6O6. The fourth-order valence-corrected chi connectivity index (χ4v) is 7.30. The van der Waals surface area contributed by atoms with Crippen LogP contribution in [0.2, 0.25) is 0 Å². The molecule has 0 bridgehead atoms. The molecule has 0 aliphatic heterocycles. The molecule has 224 valence electrons. The number of nitrogens with zero attached hydrogens (tertiary/aromatic N) is 3. The predicted octanol–water partition coefficient (Wildman–Crippen LogP) is 0.634. The van der Waals surface area contributed by atoms with Gasteiger partial charge in [0.1, 0.15) is 22.8 Å². The number of ketones is 2. The van der Waals surface area contributed by atoms with E-state index < -0.39 is 69.1 Å². The van der Waals surface area contributed by atoms with Crippen molar-refractivity contribution in [1.29, 1.82) is 5.26 Å². The first-order valence-corrected chi connectivity index (χ1v) is 13.6. The number of carbonyl (C=O) groups is 3. The Balaban J connectivity index is 1.81. The molecule has 12 heteroatoms. The summed E-state index contributed by atoms with van der Waals surface area (Å²) in [5.41, 5.74) is 14.2. The van der Waals surface area contributed by atoms with Gasteiger partial charge < -0.3 is 37.4 Å². The molecule has 3 aliphatic carbocycles. The maximum absolute atomic E-state index is 14.5. The zero-order valence-electron chi connectivity index (χ0n) is 24.3. The van der Waals surface area contributed by atoms with Crippen molar-refractivity contribution in [3.63, 3.8) is 0 Å². The lowest BCUT2D eigenvalue weighted by atomic mass is 9.47. The monoisotopic (exact) mass is 586 g/mol. The van der Waals surface area contributed by atoms with Crippen molar-refractivity contribution in [2.24, 2.45) is 22.6 Å². The normalized spacial score (nSPS) is 28.5. The van der Waals surface area contributed by atoms with Gasteiger partial charge in [0.25, 0.3) is 5.91 Å². The van der Waals surface area contributed by atoms with Gasteiger partial charge in [0.05, 0.1) is 34.3 Å². The molecule has 0 aromatic heterocycles. The number of hydrogen-bond acceptors (Lipinski definition) is 11. The van der Waals surface area contributed by atoms with E-state index in [1.54, 1.807) is 12.1 Å². The summed E-state index contributed by atoms with van der Waals surface area (Å²) in [4.78, 5) is 43.7. The Morgan fingerprint density at radius 1 is 1.09 bits per heavy atom. The maximum Gasteiger partial charge on any atom is 0.255 e. The lowest BCUT2D eigenvalue weighted by molar-refractivity contribution is -0.139. The van der Waals surface area contributed by atoms with E-state index >= 15 is 0 Å². The minimum Gasteiger partial charge on any atom is -0.509 e. The Morgan fingerprint density at radius 2 is 1.77 bits per heavy atom. The minimum absolute atomic E-state index is 0.0489. The third kappa shape index (κ3) is 3.93. The second-order valence-corrected chi connectivity index (χ2v) is 12.2. The molecule has 3 aliphatic rings. The van der Waals surface area contributed by atoms with E-state index in [4.69, 9.17) is 17.2 Å². The molecule has 1 saturated carbocycles. The average molecular weight is 587 g/mol. The zero-order chi connectivity index (χ0) is 31.8. The summed E-state index contributed by atoms with van der Waals surface area (Å²) < 4.78 is 0. The van der Waals surface area contributed by atoms with Crippen LogP contribution in [-0.2, 0) is 27.3 Å². The topological polar surface area (TPSA) is 220 Å². The number of aromatic hydroxyl groups is 1. The zero-order valence-corrected chi connectivity index (χ0v) is 24.3. The number of rotatable bonds is 5. The Labute approximate surface area is 248 Å². The van der Waals surface area contributed by atoms with Crippen molar-refractivity contribution in [2.45, 2.75) is 36.5 Å². The molecule has 12 nitrogen and oxygen atoms in total. The fourth-order valence-electron chi connectivity index (χ4n) is 7.30. The standard InChI is InChI=1S/C31H34N6O6/c1-36(2)12-15-6-5-7-16(10-15)17-8-9-19(38)20-18(17)11-29(34)13-31(35)25(37(3)4)24(40)21(28(33)43)26(41)30(31,14-32)27(42)22(29)23(20)39/h5-10,25,38-39,41H,11-13,34-35H2,1-4H3,(H2,33,43)/t25-,29-,30+,31-/m1/s1. The van der Waals surface area contributed by atoms with Crippen LogP contribution in [0.4, 0.5) is 0 Å². The van der Waals surface area contributed by atoms with Crippen LogP contribution in [0.3, 0.4) is 0 Å². The van der Waals surface area contributed by atoms with Crippen LogP contribution in [-0.4, -0.2) is 87.9 Å². The Kier molecular flexibility index (Phi) is 6.79. The minimum atomic E-state index is -2.70. The molecule has 43 heavy (non-hydrogen) atoms. The number of nitriles is 1. The summed E-state index contributed by atoms with van der Waals surface area (Å²) in [6.45, 7) is 0.662. The van der Waals surface area contributed by atoms with E-state index in [1.807, 2.05) is 43.3 Å². The summed E-state index contributed by atoms with van der Waals surface area (Å²) >= 11 is 0. The first-order chi connectivity index (χ1) is 20.1. The highest BCUT2D eigenvalue weighted by atomic mass is 16.3. The van der Waals surface area contributed by atoms with E-state index in [2.05, 4.69) is 0 Å². The van der Waals surface area contributed by atoms with Crippen LogP contribution >= 0.6 is 0 Å². The lowest BCUT2D eigenvalue weighted by Gasteiger charge is -2.58. The van der Waals surface area contributed by atoms with Gasteiger partial charge in [-0.05, 0) is 75.4 Å². The fraction of sp³-hybridized carbons (Fsp3) is 0.355.